The third kappa shape index (κ3) is 2.52. The van der Waals surface area contributed by atoms with Gasteiger partial charge in [0.1, 0.15) is 17.2 Å². The molecule has 1 aliphatic rings. The van der Waals surface area contributed by atoms with Crippen LogP contribution in [0.3, 0.4) is 0 Å². The maximum absolute atomic E-state index is 5.49. The molecule has 0 bridgehead atoms. The quantitative estimate of drug-likeness (QED) is 0.878. The molecule has 2 rings (SSSR count). The normalized spacial score (nSPS) is 19.4. The van der Waals surface area contributed by atoms with Crippen molar-refractivity contribution in [3.8, 4) is 17.2 Å². The zero-order valence-electron chi connectivity index (χ0n) is 11.0. The third-order valence-electron chi connectivity index (χ3n) is 3.02. The number of morpholine rings is 1. The van der Waals surface area contributed by atoms with Gasteiger partial charge in [-0.3, -0.25) is 0 Å². The first-order valence-corrected chi connectivity index (χ1v) is 5.91. The maximum atomic E-state index is 5.49. The highest BCUT2D eigenvalue weighted by Gasteiger charge is 2.24. The summed E-state index contributed by atoms with van der Waals surface area (Å²) in [6, 6.07) is 3.79. The molecule has 1 N–H and O–H groups in total. The van der Waals surface area contributed by atoms with Crippen LogP contribution in [0.4, 0.5) is 0 Å². The van der Waals surface area contributed by atoms with Crippen LogP contribution >= 0.6 is 0 Å². The molecule has 18 heavy (non-hydrogen) atoms. The first kappa shape index (κ1) is 13.0. The van der Waals surface area contributed by atoms with Gasteiger partial charge in [-0.25, -0.2) is 0 Å². The first-order valence-electron chi connectivity index (χ1n) is 5.91. The lowest BCUT2D eigenvalue weighted by atomic mass is 10.0. The second-order valence-corrected chi connectivity index (χ2v) is 4.03. The zero-order valence-corrected chi connectivity index (χ0v) is 11.0. The van der Waals surface area contributed by atoms with E-state index in [2.05, 4.69) is 5.32 Å². The van der Waals surface area contributed by atoms with Crippen LogP contribution in [0, 0.1) is 0 Å². The van der Waals surface area contributed by atoms with Crippen LogP contribution in [-0.4, -0.2) is 41.1 Å². The van der Waals surface area contributed by atoms with E-state index in [0.717, 1.165) is 30.2 Å². The smallest absolute Gasteiger partial charge is 0.131 e. The van der Waals surface area contributed by atoms with Crippen molar-refractivity contribution >= 4 is 0 Å². The van der Waals surface area contributed by atoms with Crippen LogP contribution < -0.4 is 19.5 Å². The van der Waals surface area contributed by atoms with Gasteiger partial charge in [0.25, 0.3) is 0 Å². The minimum Gasteiger partial charge on any atom is -0.496 e. The summed E-state index contributed by atoms with van der Waals surface area (Å²) in [5.74, 6) is 2.20. The standard InChI is InChI=1S/C13H19NO4/c1-15-9-6-11(16-2)13(12(7-9)17-3)10-8-18-5-4-14-10/h6-7,10,14H,4-5,8H2,1-3H3/t10-/m1/s1. The predicted octanol–water partition coefficient (Wildman–Crippen LogP) is 1.37. The Morgan fingerprint density at radius 2 is 1.78 bits per heavy atom. The third-order valence-corrected chi connectivity index (χ3v) is 3.02. The van der Waals surface area contributed by atoms with E-state index in [-0.39, 0.29) is 6.04 Å². The molecule has 1 fully saturated rings. The molecule has 0 radical (unpaired) electrons. The Morgan fingerprint density at radius 3 is 2.22 bits per heavy atom. The number of hydrogen-bond donors (Lipinski definition) is 1. The Hall–Kier alpha value is -1.46. The second kappa shape index (κ2) is 5.93. The van der Waals surface area contributed by atoms with Crippen molar-refractivity contribution in [2.75, 3.05) is 41.1 Å². The molecule has 1 aromatic carbocycles. The van der Waals surface area contributed by atoms with E-state index >= 15 is 0 Å². The molecule has 5 nitrogen and oxygen atoms in total. The average Bonchev–Trinajstić information content (AvgIpc) is 2.46. The molecule has 0 spiro atoms. The fraction of sp³-hybridized carbons (Fsp3) is 0.538. The molecule has 5 heteroatoms. The Labute approximate surface area is 107 Å². The molecule has 0 unspecified atom stereocenters. The van der Waals surface area contributed by atoms with Crippen LogP contribution in [-0.2, 0) is 4.74 Å². The van der Waals surface area contributed by atoms with Gasteiger partial charge in [-0.1, -0.05) is 0 Å². The molecule has 1 heterocycles. The molecule has 0 aromatic heterocycles. The minimum absolute atomic E-state index is 0.0783. The predicted molar refractivity (Wildman–Crippen MR) is 67.7 cm³/mol. The van der Waals surface area contributed by atoms with Gasteiger partial charge in [0.15, 0.2) is 0 Å². The summed E-state index contributed by atoms with van der Waals surface area (Å²) in [5, 5.41) is 3.40. The molecule has 0 aliphatic carbocycles. The average molecular weight is 253 g/mol. The fourth-order valence-corrected chi connectivity index (χ4v) is 2.13. The summed E-state index contributed by atoms with van der Waals surface area (Å²) in [7, 11) is 4.90. The highest BCUT2D eigenvalue weighted by atomic mass is 16.5. The Balaban J connectivity index is 2.41. The molecule has 0 saturated carbocycles. The van der Waals surface area contributed by atoms with E-state index in [0.29, 0.717) is 12.4 Å². The van der Waals surface area contributed by atoms with Gasteiger partial charge < -0.3 is 24.3 Å². The van der Waals surface area contributed by atoms with Crippen LogP contribution in [0.2, 0.25) is 0 Å². The first-order chi connectivity index (χ1) is 8.80. The molecule has 1 saturated heterocycles. The summed E-state index contributed by atoms with van der Waals surface area (Å²) < 4.78 is 21.6. The van der Waals surface area contributed by atoms with E-state index in [1.54, 1.807) is 21.3 Å². The Bertz CT molecular complexity index is 377. The van der Waals surface area contributed by atoms with Crippen molar-refractivity contribution in [2.24, 2.45) is 0 Å². The van der Waals surface area contributed by atoms with Crippen molar-refractivity contribution in [2.45, 2.75) is 6.04 Å². The van der Waals surface area contributed by atoms with Crippen LogP contribution in [0.25, 0.3) is 0 Å². The number of nitrogens with one attached hydrogen (secondary N) is 1. The second-order valence-electron chi connectivity index (χ2n) is 4.03. The minimum atomic E-state index is 0.0783. The summed E-state index contributed by atoms with van der Waals surface area (Å²) in [6.45, 7) is 2.17. The van der Waals surface area contributed by atoms with Gasteiger partial charge >= 0.3 is 0 Å². The van der Waals surface area contributed by atoms with Gasteiger partial charge in [-0.15, -0.1) is 0 Å². The lowest BCUT2D eigenvalue weighted by Gasteiger charge is -2.27. The van der Waals surface area contributed by atoms with Crippen molar-refractivity contribution in [1.82, 2.24) is 5.32 Å². The van der Waals surface area contributed by atoms with Crippen molar-refractivity contribution in [1.29, 1.82) is 0 Å². The van der Waals surface area contributed by atoms with Gasteiger partial charge in [-0.2, -0.15) is 0 Å². The number of rotatable bonds is 4. The molecule has 1 aromatic rings. The highest BCUT2D eigenvalue weighted by Crippen LogP contribution is 2.38. The lowest BCUT2D eigenvalue weighted by Crippen LogP contribution is -2.35. The van der Waals surface area contributed by atoms with Crippen LogP contribution in [0.15, 0.2) is 12.1 Å². The van der Waals surface area contributed by atoms with E-state index in [1.807, 2.05) is 12.1 Å². The number of hydrogen-bond acceptors (Lipinski definition) is 5. The van der Waals surface area contributed by atoms with E-state index in [4.69, 9.17) is 18.9 Å². The van der Waals surface area contributed by atoms with Gasteiger partial charge in [0.05, 0.1) is 46.1 Å². The topological polar surface area (TPSA) is 49.0 Å². The zero-order chi connectivity index (χ0) is 13.0. The van der Waals surface area contributed by atoms with E-state index < -0.39 is 0 Å². The van der Waals surface area contributed by atoms with Gasteiger partial charge in [0.2, 0.25) is 0 Å². The largest absolute Gasteiger partial charge is 0.496 e. The van der Waals surface area contributed by atoms with Crippen LogP contribution in [0.1, 0.15) is 11.6 Å². The number of methoxy groups -OCH3 is 3. The summed E-state index contributed by atoms with van der Waals surface area (Å²) in [6.07, 6.45) is 0. The molecule has 1 aliphatic heterocycles. The molecular formula is C13H19NO4. The van der Waals surface area contributed by atoms with Crippen molar-refractivity contribution in [3.05, 3.63) is 17.7 Å². The van der Waals surface area contributed by atoms with E-state index in [9.17, 15) is 0 Å². The number of benzene rings is 1. The summed E-state index contributed by atoms with van der Waals surface area (Å²) >= 11 is 0. The Kier molecular flexibility index (Phi) is 4.28. The molecular weight excluding hydrogens is 234 g/mol. The van der Waals surface area contributed by atoms with Gasteiger partial charge in [-0.05, 0) is 0 Å². The monoisotopic (exact) mass is 253 g/mol. The maximum Gasteiger partial charge on any atom is 0.131 e. The van der Waals surface area contributed by atoms with Crippen molar-refractivity contribution < 1.29 is 18.9 Å². The summed E-state index contributed by atoms with van der Waals surface area (Å²) in [5.41, 5.74) is 0.973. The molecule has 1 atom stereocenters. The lowest BCUT2D eigenvalue weighted by molar-refractivity contribution is 0.0751. The SMILES string of the molecule is COc1cc(OC)c([C@H]2COCCN2)c(OC)c1. The summed E-state index contributed by atoms with van der Waals surface area (Å²) in [4.78, 5) is 0. The molecule has 0 amide bonds. The Morgan fingerprint density at radius 1 is 1.11 bits per heavy atom. The fourth-order valence-electron chi connectivity index (χ4n) is 2.13. The highest BCUT2D eigenvalue weighted by molar-refractivity contribution is 5.52. The molecule has 100 valence electrons. The number of ether oxygens (including phenoxy) is 4. The van der Waals surface area contributed by atoms with E-state index in [1.165, 1.54) is 0 Å². The van der Waals surface area contributed by atoms with Gasteiger partial charge in [0, 0.05) is 18.7 Å². The van der Waals surface area contributed by atoms with Crippen molar-refractivity contribution in [3.63, 3.8) is 0 Å². The van der Waals surface area contributed by atoms with Crippen LogP contribution in [0.5, 0.6) is 17.2 Å².